The van der Waals surface area contributed by atoms with Crippen molar-refractivity contribution < 1.29 is 14.3 Å². The number of hydrogen-bond donors (Lipinski definition) is 0. The number of rotatable bonds is 5. The minimum absolute atomic E-state index is 0.289. The molecule has 0 bridgehead atoms. The molecule has 3 fully saturated rings. The number of carbonyl (C=O) groups is 1. The Balaban J connectivity index is 1.43. The third-order valence-electron chi connectivity index (χ3n) is 6.82. The Kier molecular flexibility index (Phi) is 5.93. The fraction of sp³-hybridized carbons (Fsp3) is 0.696. The molecule has 3 aliphatic heterocycles. The van der Waals surface area contributed by atoms with Crippen LogP contribution in [-0.2, 0) is 14.9 Å². The number of likely N-dealkylation sites (tertiary alicyclic amines) is 2. The third-order valence-corrected chi connectivity index (χ3v) is 6.82. The SMILES string of the molecule is CC(C)N1CCC(Oc2ccc(C3(C(=O)N4CCC4)CCOCC3)cc2)CC1. The molecule has 0 aliphatic carbocycles. The number of piperidine rings is 1. The van der Waals surface area contributed by atoms with Gasteiger partial charge in [-0.15, -0.1) is 0 Å². The van der Waals surface area contributed by atoms with E-state index in [2.05, 4.69) is 43.0 Å². The maximum atomic E-state index is 13.2. The van der Waals surface area contributed by atoms with Gasteiger partial charge in [0.05, 0.1) is 5.41 Å². The van der Waals surface area contributed by atoms with Crippen molar-refractivity contribution in [2.24, 2.45) is 0 Å². The van der Waals surface area contributed by atoms with Gasteiger partial charge in [0, 0.05) is 45.4 Å². The normalized spacial score (nSPS) is 23.5. The van der Waals surface area contributed by atoms with Crippen LogP contribution in [-0.4, -0.2) is 67.2 Å². The third kappa shape index (κ3) is 3.92. The summed E-state index contributed by atoms with van der Waals surface area (Å²) in [6.45, 7) is 9.84. The second-order valence-corrected chi connectivity index (χ2v) is 8.81. The van der Waals surface area contributed by atoms with Crippen molar-refractivity contribution in [3.8, 4) is 5.75 Å². The predicted octanol–water partition coefficient (Wildman–Crippen LogP) is 3.22. The lowest BCUT2D eigenvalue weighted by molar-refractivity contribution is -0.145. The van der Waals surface area contributed by atoms with Crippen molar-refractivity contribution >= 4 is 5.91 Å². The van der Waals surface area contributed by atoms with Gasteiger partial charge in [-0.05, 0) is 63.6 Å². The number of ether oxygens (including phenoxy) is 2. The molecule has 0 N–H and O–H groups in total. The predicted molar refractivity (Wildman–Crippen MR) is 110 cm³/mol. The van der Waals surface area contributed by atoms with Crippen molar-refractivity contribution in [3.05, 3.63) is 29.8 Å². The molecule has 1 aromatic carbocycles. The number of hydrogen-bond acceptors (Lipinski definition) is 4. The molecule has 28 heavy (non-hydrogen) atoms. The van der Waals surface area contributed by atoms with Crippen molar-refractivity contribution in [1.82, 2.24) is 9.80 Å². The molecule has 3 heterocycles. The molecule has 4 rings (SSSR count). The highest BCUT2D eigenvalue weighted by Gasteiger charge is 2.45. The van der Waals surface area contributed by atoms with Crippen LogP contribution in [0.3, 0.4) is 0 Å². The summed E-state index contributed by atoms with van der Waals surface area (Å²) in [5.74, 6) is 1.21. The van der Waals surface area contributed by atoms with Gasteiger partial charge in [0.1, 0.15) is 11.9 Å². The number of amides is 1. The van der Waals surface area contributed by atoms with Crippen molar-refractivity contribution in [2.75, 3.05) is 39.4 Å². The minimum atomic E-state index is -0.417. The van der Waals surface area contributed by atoms with Crippen LogP contribution in [0.5, 0.6) is 5.75 Å². The molecule has 0 unspecified atom stereocenters. The van der Waals surface area contributed by atoms with E-state index in [1.807, 2.05) is 4.90 Å². The van der Waals surface area contributed by atoms with Crippen LogP contribution in [0.2, 0.25) is 0 Å². The lowest BCUT2D eigenvalue weighted by Gasteiger charge is -2.43. The highest BCUT2D eigenvalue weighted by atomic mass is 16.5. The van der Waals surface area contributed by atoms with Gasteiger partial charge in [0.2, 0.25) is 5.91 Å². The highest BCUT2D eigenvalue weighted by Crippen LogP contribution is 2.38. The maximum Gasteiger partial charge on any atom is 0.233 e. The Hall–Kier alpha value is -1.59. The minimum Gasteiger partial charge on any atom is -0.490 e. The Labute approximate surface area is 169 Å². The molecule has 1 amide bonds. The first-order valence-corrected chi connectivity index (χ1v) is 11.0. The molecule has 154 valence electrons. The first kappa shape index (κ1) is 19.7. The van der Waals surface area contributed by atoms with Gasteiger partial charge in [0.25, 0.3) is 0 Å². The van der Waals surface area contributed by atoms with Crippen LogP contribution in [0, 0.1) is 0 Å². The van der Waals surface area contributed by atoms with E-state index in [9.17, 15) is 4.79 Å². The van der Waals surface area contributed by atoms with Gasteiger partial charge < -0.3 is 19.3 Å². The summed E-state index contributed by atoms with van der Waals surface area (Å²) in [6, 6.07) is 8.96. The van der Waals surface area contributed by atoms with Crippen LogP contribution >= 0.6 is 0 Å². The van der Waals surface area contributed by atoms with Crippen molar-refractivity contribution in [3.63, 3.8) is 0 Å². The van der Waals surface area contributed by atoms with Gasteiger partial charge in [0.15, 0.2) is 0 Å². The van der Waals surface area contributed by atoms with Crippen LogP contribution < -0.4 is 4.74 Å². The van der Waals surface area contributed by atoms with E-state index in [4.69, 9.17) is 9.47 Å². The van der Waals surface area contributed by atoms with Crippen LogP contribution in [0.25, 0.3) is 0 Å². The molecule has 0 aromatic heterocycles. The number of nitrogens with zero attached hydrogens (tertiary/aromatic N) is 2. The summed E-state index contributed by atoms with van der Waals surface area (Å²) < 4.78 is 11.8. The molecule has 0 spiro atoms. The summed E-state index contributed by atoms with van der Waals surface area (Å²) >= 11 is 0. The molecule has 5 nitrogen and oxygen atoms in total. The van der Waals surface area contributed by atoms with E-state index in [1.165, 1.54) is 0 Å². The quantitative estimate of drug-likeness (QED) is 0.779. The van der Waals surface area contributed by atoms with Gasteiger partial charge in [-0.2, -0.15) is 0 Å². The summed E-state index contributed by atoms with van der Waals surface area (Å²) in [6.07, 6.45) is 5.12. The van der Waals surface area contributed by atoms with E-state index < -0.39 is 5.41 Å². The number of carbonyl (C=O) groups excluding carboxylic acids is 1. The van der Waals surface area contributed by atoms with E-state index in [0.717, 1.165) is 69.6 Å². The van der Waals surface area contributed by atoms with E-state index in [0.29, 0.717) is 25.4 Å². The number of benzene rings is 1. The molecule has 0 saturated carbocycles. The zero-order valence-electron chi connectivity index (χ0n) is 17.4. The maximum absolute atomic E-state index is 13.2. The largest absolute Gasteiger partial charge is 0.490 e. The molecule has 3 saturated heterocycles. The van der Waals surface area contributed by atoms with Crippen LogP contribution in [0.15, 0.2) is 24.3 Å². The Morgan fingerprint density at radius 1 is 1.07 bits per heavy atom. The molecule has 0 radical (unpaired) electrons. The highest BCUT2D eigenvalue weighted by molar-refractivity contribution is 5.89. The fourth-order valence-corrected chi connectivity index (χ4v) is 4.72. The average Bonchev–Trinajstić information content (AvgIpc) is 2.68. The van der Waals surface area contributed by atoms with Gasteiger partial charge >= 0.3 is 0 Å². The first-order valence-electron chi connectivity index (χ1n) is 11.0. The Morgan fingerprint density at radius 2 is 1.71 bits per heavy atom. The van der Waals surface area contributed by atoms with Gasteiger partial charge in [-0.25, -0.2) is 0 Å². The molecule has 5 heteroatoms. The second kappa shape index (κ2) is 8.42. The van der Waals surface area contributed by atoms with Crippen LogP contribution in [0.4, 0.5) is 0 Å². The Morgan fingerprint density at radius 3 is 2.25 bits per heavy atom. The summed E-state index contributed by atoms with van der Waals surface area (Å²) in [4.78, 5) is 17.8. The van der Waals surface area contributed by atoms with E-state index in [1.54, 1.807) is 0 Å². The summed E-state index contributed by atoms with van der Waals surface area (Å²) in [5.41, 5.74) is 0.703. The summed E-state index contributed by atoms with van der Waals surface area (Å²) in [5, 5.41) is 0. The summed E-state index contributed by atoms with van der Waals surface area (Å²) in [7, 11) is 0. The topological polar surface area (TPSA) is 42.0 Å². The van der Waals surface area contributed by atoms with Gasteiger partial charge in [-0.3, -0.25) is 4.79 Å². The zero-order valence-corrected chi connectivity index (χ0v) is 17.4. The Bertz CT molecular complexity index is 655. The average molecular weight is 387 g/mol. The first-order chi connectivity index (χ1) is 13.6. The van der Waals surface area contributed by atoms with E-state index >= 15 is 0 Å². The lowest BCUT2D eigenvalue weighted by atomic mass is 9.72. The van der Waals surface area contributed by atoms with Gasteiger partial charge in [-0.1, -0.05) is 12.1 Å². The smallest absolute Gasteiger partial charge is 0.233 e. The lowest BCUT2D eigenvalue weighted by Crippen LogP contribution is -2.54. The van der Waals surface area contributed by atoms with Crippen molar-refractivity contribution in [1.29, 1.82) is 0 Å². The van der Waals surface area contributed by atoms with Crippen molar-refractivity contribution in [2.45, 2.75) is 63.5 Å². The zero-order chi connectivity index (χ0) is 19.6. The second-order valence-electron chi connectivity index (χ2n) is 8.81. The van der Waals surface area contributed by atoms with Crippen LogP contribution in [0.1, 0.15) is 51.5 Å². The molecule has 3 aliphatic rings. The van der Waals surface area contributed by atoms with E-state index in [-0.39, 0.29) is 5.91 Å². The molecular weight excluding hydrogens is 352 g/mol. The monoisotopic (exact) mass is 386 g/mol. The standard InChI is InChI=1S/C23H34N2O3/c1-18(2)24-14-8-21(9-15-24)28-20-6-4-19(5-7-20)23(10-16-27-17-11-23)22(26)25-12-3-13-25/h4-7,18,21H,3,8-17H2,1-2H3. The fourth-order valence-electron chi connectivity index (χ4n) is 4.72. The molecular formula is C23H34N2O3. The molecule has 0 atom stereocenters. The molecule has 1 aromatic rings.